The van der Waals surface area contributed by atoms with Gasteiger partial charge < -0.3 is 0 Å². The maximum Gasteiger partial charge on any atom is 0.0991 e. The number of halogens is 1. The van der Waals surface area contributed by atoms with Gasteiger partial charge in [-0.2, -0.15) is 5.26 Å². The zero-order valence-electron chi connectivity index (χ0n) is 7.94. The van der Waals surface area contributed by atoms with Crippen LogP contribution >= 0.6 is 22.6 Å². The minimum atomic E-state index is 0.700. The molecule has 0 unspecified atom stereocenters. The molecule has 0 radical (unpaired) electrons. The van der Waals surface area contributed by atoms with Gasteiger partial charge in [-0.25, -0.2) is 0 Å². The first-order valence-corrected chi connectivity index (χ1v) is 5.63. The third-order valence-electron chi connectivity index (χ3n) is 2.17. The summed E-state index contributed by atoms with van der Waals surface area (Å²) in [4.78, 5) is 0. The van der Waals surface area contributed by atoms with Crippen molar-refractivity contribution in [3.05, 3.63) is 57.7 Å². The van der Waals surface area contributed by atoms with E-state index in [4.69, 9.17) is 5.26 Å². The quantitative estimate of drug-likeness (QED) is 0.735. The van der Waals surface area contributed by atoms with E-state index < -0.39 is 0 Å². The lowest BCUT2D eigenvalue weighted by atomic mass is 10.0. The van der Waals surface area contributed by atoms with E-state index in [0.717, 1.165) is 11.1 Å². The Morgan fingerprint density at radius 3 is 2.33 bits per heavy atom. The maximum atomic E-state index is 8.80. The Morgan fingerprint density at radius 2 is 1.67 bits per heavy atom. The summed E-state index contributed by atoms with van der Waals surface area (Å²) in [6, 6.07) is 18.1. The van der Waals surface area contributed by atoms with Crippen LogP contribution in [0.25, 0.3) is 11.1 Å². The Morgan fingerprint density at radius 1 is 0.933 bits per heavy atom. The zero-order chi connectivity index (χ0) is 10.7. The standard InChI is InChI=1S/C13H8IN/c14-13-6-4-11(5-7-13)12-3-1-2-10(8-12)9-15/h1-8H. The average molecular weight is 305 g/mol. The summed E-state index contributed by atoms with van der Waals surface area (Å²) in [5.41, 5.74) is 2.93. The van der Waals surface area contributed by atoms with E-state index in [9.17, 15) is 0 Å². The molecule has 0 saturated carbocycles. The summed E-state index contributed by atoms with van der Waals surface area (Å²) < 4.78 is 1.22. The van der Waals surface area contributed by atoms with Gasteiger partial charge in [0.1, 0.15) is 0 Å². The van der Waals surface area contributed by atoms with Crippen LogP contribution in [0.2, 0.25) is 0 Å². The lowest BCUT2D eigenvalue weighted by Crippen LogP contribution is -1.80. The summed E-state index contributed by atoms with van der Waals surface area (Å²) in [5, 5.41) is 8.80. The molecule has 2 aromatic carbocycles. The highest BCUT2D eigenvalue weighted by Gasteiger charge is 1.98. The first-order chi connectivity index (χ1) is 7.29. The molecule has 2 rings (SSSR count). The molecule has 0 aliphatic rings. The molecule has 2 aromatic rings. The van der Waals surface area contributed by atoms with E-state index in [1.54, 1.807) is 0 Å². The van der Waals surface area contributed by atoms with Crippen molar-refractivity contribution >= 4 is 22.6 Å². The monoisotopic (exact) mass is 305 g/mol. The van der Waals surface area contributed by atoms with Gasteiger partial charge in [0.25, 0.3) is 0 Å². The predicted octanol–water partition coefficient (Wildman–Crippen LogP) is 3.83. The summed E-state index contributed by atoms with van der Waals surface area (Å²) in [6.07, 6.45) is 0. The molecule has 2 heteroatoms. The van der Waals surface area contributed by atoms with Crippen molar-refractivity contribution in [2.75, 3.05) is 0 Å². The second-order valence-corrected chi connectivity index (χ2v) is 4.45. The zero-order valence-corrected chi connectivity index (χ0v) is 10.1. The van der Waals surface area contributed by atoms with E-state index in [0.29, 0.717) is 5.56 Å². The minimum absolute atomic E-state index is 0.700. The lowest BCUT2D eigenvalue weighted by Gasteiger charge is -2.01. The Bertz CT molecular complexity index is 509. The van der Waals surface area contributed by atoms with Crippen LogP contribution in [-0.2, 0) is 0 Å². The van der Waals surface area contributed by atoms with Gasteiger partial charge in [0.05, 0.1) is 11.6 Å². The minimum Gasteiger partial charge on any atom is -0.192 e. The highest BCUT2D eigenvalue weighted by atomic mass is 127. The third kappa shape index (κ3) is 2.37. The molecular weight excluding hydrogens is 297 g/mol. The molecule has 0 spiro atoms. The van der Waals surface area contributed by atoms with Gasteiger partial charge in [-0.1, -0.05) is 24.3 Å². The van der Waals surface area contributed by atoms with Crippen molar-refractivity contribution in [2.45, 2.75) is 0 Å². The second kappa shape index (κ2) is 4.45. The number of hydrogen-bond acceptors (Lipinski definition) is 1. The second-order valence-electron chi connectivity index (χ2n) is 3.20. The highest BCUT2D eigenvalue weighted by molar-refractivity contribution is 14.1. The topological polar surface area (TPSA) is 23.8 Å². The molecule has 0 amide bonds. The fraction of sp³-hybridized carbons (Fsp3) is 0. The molecule has 0 aliphatic carbocycles. The van der Waals surface area contributed by atoms with Crippen LogP contribution in [0.5, 0.6) is 0 Å². The van der Waals surface area contributed by atoms with Crippen LogP contribution in [0.1, 0.15) is 5.56 Å². The molecule has 15 heavy (non-hydrogen) atoms. The van der Waals surface area contributed by atoms with E-state index in [-0.39, 0.29) is 0 Å². The Balaban J connectivity index is 2.46. The number of nitriles is 1. The van der Waals surface area contributed by atoms with E-state index in [1.165, 1.54) is 3.57 Å². The maximum absolute atomic E-state index is 8.80. The summed E-state index contributed by atoms with van der Waals surface area (Å²) in [7, 11) is 0. The summed E-state index contributed by atoms with van der Waals surface area (Å²) in [6.45, 7) is 0. The van der Waals surface area contributed by atoms with Crippen LogP contribution in [-0.4, -0.2) is 0 Å². The van der Waals surface area contributed by atoms with E-state index in [2.05, 4.69) is 52.9 Å². The number of nitrogens with zero attached hydrogens (tertiary/aromatic N) is 1. The lowest BCUT2D eigenvalue weighted by molar-refractivity contribution is 1.48. The van der Waals surface area contributed by atoms with Gasteiger partial charge >= 0.3 is 0 Å². The Hall–Kier alpha value is -1.34. The molecule has 72 valence electrons. The highest BCUT2D eigenvalue weighted by Crippen LogP contribution is 2.21. The van der Waals surface area contributed by atoms with Crippen LogP contribution in [0.3, 0.4) is 0 Å². The molecular formula is C13H8IN. The predicted molar refractivity (Wildman–Crippen MR) is 69.3 cm³/mol. The van der Waals surface area contributed by atoms with Gasteiger partial charge in [0.15, 0.2) is 0 Å². The third-order valence-corrected chi connectivity index (χ3v) is 2.89. The summed E-state index contributed by atoms with van der Waals surface area (Å²) in [5.74, 6) is 0. The van der Waals surface area contributed by atoms with Gasteiger partial charge in [-0.3, -0.25) is 0 Å². The van der Waals surface area contributed by atoms with Crippen molar-refractivity contribution in [1.82, 2.24) is 0 Å². The SMILES string of the molecule is N#Cc1cccc(-c2ccc(I)cc2)c1. The largest absolute Gasteiger partial charge is 0.192 e. The summed E-state index contributed by atoms with van der Waals surface area (Å²) >= 11 is 2.28. The van der Waals surface area contributed by atoms with E-state index in [1.807, 2.05) is 24.3 Å². The number of benzene rings is 2. The molecule has 0 aliphatic heterocycles. The average Bonchev–Trinajstić information content (AvgIpc) is 2.30. The van der Waals surface area contributed by atoms with Gasteiger partial charge in [0, 0.05) is 3.57 Å². The Kier molecular flexibility index (Phi) is 3.02. The molecule has 0 fully saturated rings. The fourth-order valence-corrected chi connectivity index (χ4v) is 1.77. The van der Waals surface area contributed by atoms with Crippen LogP contribution in [0.15, 0.2) is 48.5 Å². The van der Waals surface area contributed by atoms with Gasteiger partial charge in [-0.05, 0) is 58.0 Å². The fourth-order valence-electron chi connectivity index (χ4n) is 1.41. The van der Waals surface area contributed by atoms with Gasteiger partial charge in [0.2, 0.25) is 0 Å². The molecule has 0 saturated heterocycles. The number of hydrogen-bond donors (Lipinski definition) is 0. The smallest absolute Gasteiger partial charge is 0.0991 e. The van der Waals surface area contributed by atoms with Crippen molar-refractivity contribution in [3.63, 3.8) is 0 Å². The van der Waals surface area contributed by atoms with Gasteiger partial charge in [-0.15, -0.1) is 0 Å². The molecule has 1 nitrogen and oxygen atoms in total. The molecule has 0 heterocycles. The van der Waals surface area contributed by atoms with Crippen molar-refractivity contribution < 1.29 is 0 Å². The number of rotatable bonds is 1. The van der Waals surface area contributed by atoms with Crippen molar-refractivity contribution in [1.29, 1.82) is 5.26 Å². The first-order valence-electron chi connectivity index (χ1n) is 4.56. The first kappa shape index (κ1) is 10.2. The molecule has 0 bridgehead atoms. The molecule has 0 aromatic heterocycles. The van der Waals surface area contributed by atoms with Crippen LogP contribution in [0.4, 0.5) is 0 Å². The molecule has 0 atom stereocenters. The van der Waals surface area contributed by atoms with Crippen LogP contribution < -0.4 is 0 Å². The van der Waals surface area contributed by atoms with Crippen LogP contribution in [0, 0.1) is 14.9 Å². The molecule has 0 N–H and O–H groups in total. The van der Waals surface area contributed by atoms with Crippen molar-refractivity contribution in [3.8, 4) is 17.2 Å². The normalized spacial score (nSPS) is 9.60. The van der Waals surface area contributed by atoms with E-state index >= 15 is 0 Å². The Labute approximate surface area is 103 Å². The van der Waals surface area contributed by atoms with Crippen molar-refractivity contribution in [2.24, 2.45) is 0 Å².